The van der Waals surface area contributed by atoms with Gasteiger partial charge in [0.15, 0.2) is 11.5 Å². The van der Waals surface area contributed by atoms with E-state index in [0.29, 0.717) is 6.79 Å². The molecule has 0 aromatic heterocycles. The van der Waals surface area contributed by atoms with Gasteiger partial charge in [0.1, 0.15) is 0 Å². The van der Waals surface area contributed by atoms with Gasteiger partial charge in [-0.3, -0.25) is 0 Å². The van der Waals surface area contributed by atoms with Crippen LogP contribution in [0.4, 0.5) is 0 Å². The quantitative estimate of drug-likeness (QED) is 0.877. The Hall–Kier alpha value is -0.640. The summed E-state index contributed by atoms with van der Waals surface area (Å²) in [6.45, 7) is 2.32. The minimum Gasteiger partial charge on any atom is -0.454 e. The molecule has 0 bridgehead atoms. The minimum absolute atomic E-state index is 0. The van der Waals surface area contributed by atoms with E-state index in [2.05, 4.69) is 0 Å². The number of hydrogen-bond donors (Lipinski definition) is 1. The molecule has 0 saturated heterocycles. The summed E-state index contributed by atoms with van der Waals surface area (Å²) >= 11 is 0. The first-order valence-corrected chi connectivity index (χ1v) is 4.40. The summed E-state index contributed by atoms with van der Waals surface area (Å²) in [7, 11) is 0. The standard InChI is InChI=1S/C10H13NO2.2ClH/c1-7(11)4-8-2-3-9-10(5-8)13-6-12-9;;/h2-3,5,7H,4,6,11H2,1H3;2*1H. The first-order chi connectivity index (χ1) is 6.25. The third-order valence-corrected chi connectivity index (χ3v) is 1.99. The molecule has 2 rings (SSSR count). The van der Waals surface area contributed by atoms with Gasteiger partial charge < -0.3 is 15.2 Å². The fourth-order valence-corrected chi connectivity index (χ4v) is 1.44. The third kappa shape index (κ3) is 3.45. The van der Waals surface area contributed by atoms with Gasteiger partial charge in [-0.2, -0.15) is 0 Å². The number of hydrogen-bond acceptors (Lipinski definition) is 3. The highest BCUT2D eigenvalue weighted by atomic mass is 35.5. The predicted octanol–water partition coefficient (Wildman–Crippen LogP) is 2.15. The molecule has 1 atom stereocenters. The number of benzene rings is 1. The van der Waals surface area contributed by atoms with Crippen molar-refractivity contribution < 1.29 is 9.47 Å². The predicted molar refractivity (Wildman–Crippen MR) is 64.4 cm³/mol. The second kappa shape index (κ2) is 6.05. The molecule has 1 unspecified atom stereocenters. The molecule has 3 nitrogen and oxygen atoms in total. The topological polar surface area (TPSA) is 44.5 Å². The summed E-state index contributed by atoms with van der Waals surface area (Å²) in [6, 6.07) is 6.13. The lowest BCUT2D eigenvalue weighted by atomic mass is 10.1. The lowest BCUT2D eigenvalue weighted by molar-refractivity contribution is 0.174. The van der Waals surface area contributed by atoms with Gasteiger partial charge in [0, 0.05) is 6.04 Å². The molecule has 0 radical (unpaired) electrons. The Balaban J connectivity index is 0.000000980. The van der Waals surface area contributed by atoms with E-state index in [1.165, 1.54) is 5.56 Å². The molecule has 0 amide bonds. The van der Waals surface area contributed by atoms with Crippen molar-refractivity contribution >= 4 is 24.8 Å². The fourth-order valence-electron chi connectivity index (χ4n) is 1.44. The minimum atomic E-state index is 0. The Kier molecular flexibility index (Phi) is 5.80. The smallest absolute Gasteiger partial charge is 0.231 e. The second-order valence-corrected chi connectivity index (χ2v) is 3.37. The van der Waals surface area contributed by atoms with Gasteiger partial charge in [-0.25, -0.2) is 0 Å². The molecular weight excluding hydrogens is 237 g/mol. The Morgan fingerprint density at radius 1 is 1.27 bits per heavy atom. The number of nitrogens with two attached hydrogens (primary N) is 1. The highest BCUT2D eigenvalue weighted by Crippen LogP contribution is 2.32. The van der Waals surface area contributed by atoms with E-state index >= 15 is 0 Å². The number of halogens is 2. The van der Waals surface area contributed by atoms with Crippen LogP contribution in [0.25, 0.3) is 0 Å². The molecule has 0 fully saturated rings. The van der Waals surface area contributed by atoms with E-state index < -0.39 is 0 Å². The molecule has 2 N–H and O–H groups in total. The van der Waals surface area contributed by atoms with Crippen LogP contribution in [0, 0.1) is 0 Å². The van der Waals surface area contributed by atoms with Gasteiger partial charge in [-0.15, -0.1) is 24.8 Å². The molecule has 0 spiro atoms. The van der Waals surface area contributed by atoms with Crippen LogP contribution in [0.2, 0.25) is 0 Å². The van der Waals surface area contributed by atoms with Crippen LogP contribution >= 0.6 is 24.8 Å². The Morgan fingerprint density at radius 2 is 1.93 bits per heavy atom. The largest absolute Gasteiger partial charge is 0.454 e. The van der Waals surface area contributed by atoms with Gasteiger partial charge >= 0.3 is 0 Å². The SMILES string of the molecule is CC(N)Cc1ccc2c(c1)OCO2.Cl.Cl. The molecule has 1 aromatic carbocycles. The number of fused-ring (bicyclic) bond motifs is 1. The maximum Gasteiger partial charge on any atom is 0.231 e. The first kappa shape index (κ1) is 14.4. The zero-order valence-corrected chi connectivity index (χ0v) is 10.1. The van der Waals surface area contributed by atoms with E-state index in [0.717, 1.165) is 17.9 Å². The molecule has 1 heterocycles. The summed E-state index contributed by atoms with van der Waals surface area (Å²) in [6.07, 6.45) is 0.872. The highest BCUT2D eigenvalue weighted by Gasteiger charge is 2.13. The van der Waals surface area contributed by atoms with Crippen LogP contribution in [-0.4, -0.2) is 12.8 Å². The van der Waals surface area contributed by atoms with Gasteiger partial charge in [0.2, 0.25) is 6.79 Å². The molecule has 15 heavy (non-hydrogen) atoms. The van der Waals surface area contributed by atoms with E-state index in [1.54, 1.807) is 0 Å². The first-order valence-electron chi connectivity index (χ1n) is 4.40. The van der Waals surface area contributed by atoms with Crippen LogP contribution in [0.3, 0.4) is 0 Å². The Labute approximate surface area is 102 Å². The van der Waals surface area contributed by atoms with Crippen LogP contribution in [0.15, 0.2) is 18.2 Å². The van der Waals surface area contributed by atoms with Crippen molar-refractivity contribution in [2.75, 3.05) is 6.79 Å². The maximum absolute atomic E-state index is 5.70. The van der Waals surface area contributed by atoms with Crippen molar-refractivity contribution in [3.63, 3.8) is 0 Å². The van der Waals surface area contributed by atoms with E-state index in [1.807, 2.05) is 25.1 Å². The van der Waals surface area contributed by atoms with Gasteiger partial charge in [-0.05, 0) is 31.0 Å². The van der Waals surface area contributed by atoms with Crippen LogP contribution in [-0.2, 0) is 6.42 Å². The van der Waals surface area contributed by atoms with E-state index in [4.69, 9.17) is 15.2 Å². The van der Waals surface area contributed by atoms with Crippen molar-refractivity contribution in [2.24, 2.45) is 5.73 Å². The normalized spacial score (nSPS) is 13.7. The average Bonchev–Trinajstić information content (AvgIpc) is 2.49. The molecule has 1 aromatic rings. The van der Waals surface area contributed by atoms with Crippen molar-refractivity contribution in [2.45, 2.75) is 19.4 Å². The third-order valence-electron chi connectivity index (χ3n) is 1.99. The van der Waals surface area contributed by atoms with Crippen molar-refractivity contribution in [3.8, 4) is 11.5 Å². The molecule has 1 aliphatic heterocycles. The van der Waals surface area contributed by atoms with Gasteiger partial charge in [0.05, 0.1) is 0 Å². The summed E-state index contributed by atoms with van der Waals surface area (Å²) < 4.78 is 10.5. The maximum atomic E-state index is 5.70. The average molecular weight is 252 g/mol. The highest BCUT2D eigenvalue weighted by molar-refractivity contribution is 5.85. The van der Waals surface area contributed by atoms with Crippen LogP contribution in [0.1, 0.15) is 12.5 Å². The number of ether oxygens (including phenoxy) is 2. The summed E-state index contributed by atoms with van der Waals surface area (Å²) in [5, 5.41) is 0. The lowest BCUT2D eigenvalue weighted by Crippen LogP contribution is -2.17. The van der Waals surface area contributed by atoms with E-state index in [-0.39, 0.29) is 30.9 Å². The molecule has 1 aliphatic rings. The zero-order chi connectivity index (χ0) is 9.26. The zero-order valence-electron chi connectivity index (χ0n) is 8.43. The van der Waals surface area contributed by atoms with E-state index in [9.17, 15) is 0 Å². The number of rotatable bonds is 2. The van der Waals surface area contributed by atoms with Crippen molar-refractivity contribution in [1.29, 1.82) is 0 Å². The molecular formula is C10H15Cl2NO2. The monoisotopic (exact) mass is 251 g/mol. The molecule has 86 valence electrons. The van der Waals surface area contributed by atoms with Gasteiger partial charge in [-0.1, -0.05) is 6.07 Å². The molecule has 5 heteroatoms. The summed E-state index contributed by atoms with van der Waals surface area (Å²) in [5.41, 5.74) is 6.89. The van der Waals surface area contributed by atoms with Crippen LogP contribution in [0.5, 0.6) is 11.5 Å². The van der Waals surface area contributed by atoms with Crippen molar-refractivity contribution in [3.05, 3.63) is 23.8 Å². The molecule has 0 saturated carbocycles. The summed E-state index contributed by atoms with van der Waals surface area (Å²) in [4.78, 5) is 0. The molecule has 0 aliphatic carbocycles. The fraction of sp³-hybridized carbons (Fsp3) is 0.400. The van der Waals surface area contributed by atoms with Gasteiger partial charge in [0.25, 0.3) is 0 Å². The van der Waals surface area contributed by atoms with Crippen LogP contribution < -0.4 is 15.2 Å². The van der Waals surface area contributed by atoms with Crippen molar-refractivity contribution in [1.82, 2.24) is 0 Å². The second-order valence-electron chi connectivity index (χ2n) is 3.37. The lowest BCUT2D eigenvalue weighted by Gasteiger charge is -2.05. The Bertz CT molecular complexity index is 318. The Morgan fingerprint density at radius 3 is 2.60 bits per heavy atom. The summed E-state index contributed by atoms with van der Waals surface area (Å²) in [5.74, 6) is 1.66.